The summed E-state index contributed by atoms with van der Waals surface area (Å²) in [4.78, 5) is 4.48. The molecule has 0 amide bonds. The van der Waals surface area contributed by atoms with Crippen molar-refractivity contribution in [2.75, 3.05) is 19.6 Å². The van der Waals surface area contributed by atoms with Gasteiger partial charge in [0.05, 0.1) is 0 Å². The van der Waals surface area contributed by atoms with Gasteiger partial charge in [-0.15, -0.1) is 30.6 Å². The van der Waals surface area contributed by atoms with Crippen molar-refractivity contribution in [1.82, 2.24) is 10.6 Å². The number of hydrogen-bond acceptors (Lipinski definition) is 1. The highest BCUT2D eigenvalue weighted by atomic mass is 127. The van der Waals surface area contributed by atoms with Crippen molar-refractivity contribution < 1.29 is 0 Å². The molecule has 0 aliphatic carbocycles. The summed E-state index contributed by atoms with van der Waals surface area (Å²) in [6.07, 6.45) is 2.64. The minimum atomic E-state index is 0. The molecule has 1 rings (SSSR count). The second kappa shape index (κ2) is 11.1. The van der Waals surface area contributed by atoms with Gasteiger partial charge in [0.1, 0.15) is 0 Å². The van der Waals surface area contributed by atoms with E-state index in [4.69, 9.17) is 11.6 Å². The van der Waals surface area contributed by atoms with Gasteiger partial charge in [0, 0.05) is 24.7 Å². The Labute approximate surface area is 137 Å². The average Bonchev–Trinajstić information content (AvgIpc) is 2.38. The molecule has 0 fully saturated rings. The van der Waals surface area contributed by atoms with Gasteiger partial charge in [0.15, 0.2) is 5.96 Å². The van der Waals surface area contributed by atoms with Crippen molar-refractivity contribution in [3.63, 3.8) is 0 Å². The Balaban J connectivity index is 0.00000324. The minimum Gasteiger partial charge on any atom is -0.357 e. The highest BCUT2D eigenvalue weighted by Gasteiger charge is 1.99. The number of guanidine groups is 1. The maximum absolute atomic E-state index is 6.09. The van der Waals surface area contributed by atoms with Gasteiger partial charge in [-0.2, -0.15) is 0 Å². The van der Waals surface area contributed by atoms with E-state index in [2.05, 4.69) is 22.2 Å². The summed E-state index contributed by atoms with van der Waals surface area (Å²) in [7, 11) is 0. The highest BCUT2D eigenvalue weighted by molar-refractivity contribution is 14.0. The van der Waals surface area contributed by atoms with E-state index in [1.54, 1.807) is 6.08 Å². The van der Waals surface area contributed by atoms with Crippen LogP contribution in [0.5, 0.6) is 0 Å². The summed E-state index contributed by atoms with van der Waals surface area (Å²) in [6, 6.07) is 7.86. The van der Waals surface area contributed by atoms with E-state index in [-0.39, 0.29) is 24.0 Å². The first-order valence-electron chi connectivity index (χ1n) is 6.14. The van der Waals surface area contributed by atoms with Crippen molar-refractivity contribution in [3.05, 3.63) is 47.5 Å². The molecule has 0 saturated heterocycles. The van der Waals surface area contributed by atoms with Crippen LogP contribution in [0.25, 0.3) is 0 Å². The van der Waals surface area contributed by atoms with E-state index < -0.39 is 0 Å². The molecule has 0 bridgehead atoms. The molecule has 0 spiro atoms. The summed E-state index contributed by atoms with van der Waals surface area (Å²) in [5.41, 5.74) is 1.13. The van der Waals surface area contributed by atoms with Crippen LogP contribution in [0.1, 0.15) is 12.5 Å². The van der Waals surface area contributed by atoms with E-state index in [0.717, 1.165) is 29.5 Å². The van der Waals surface area contributed by atoms with Gasteiger partial charge in [-0.25, -0.2) is 0 Å². The molecule has 2 N–H and O–H groups in total. The van der Waals surface area contributed by atoms with Crippen LogP contribution in [0.3, 0.4) is 0 Å². The fourth-order valence-electron chi connectivity index (χ4n) is 1.50. The zero-order chi connectivity index (χ0) is 13.2. The van der Waals surface area contributed by atoms with E-state index in [1.807, 2.05) is 31.2 Å². The fraction of sp³-hybridized carbons (Fsp3) is 0.357. The molecule has 0 unspecified atom stereocenters. The largest absolute Gasteiger partial charge is 0.357 e. The smallest absolute Gasteiger partial charge is 0.191 e. The lowest BCUT2D eigenvalue weighted by molar-refractivity contribution is 0.851. The third kappa shape index (κ3) is 7.42. The van der Waals surface area contributed by atoms with Crippen LogP contribution in [-0.4, -0.2) is 25.6 Å². The third-order valence-electron chi connectivity index (χ3n) is 2.37. The number of benzene rings is 1. The Bertz CT molecular complexity index is 407. The molecule has 19 heavy (non-hydrogen) atoms. The number of aliphatic imine (C=N–C) groups is 1. The fourth-order valence-corrected chi connectivity index (χ4v) is 1.73. The molecular formula is C14H21ClIN3. The van der Waals surface area contributed by atoms with Crippen molar-refractivity contribution in [3.8, 4) is 0 Å². The lowest BCUT2D eigenvalue weighted by atomic mass is 10.1. The van der Waals surface area contributed by atoms with Gasteiger partial charge in [-0.05, 0) is 25.0 Å². The van der Waals surface area contributed by atoms with Crippen LogP contribution >= 0.6 is 35.6 Å². The zero-order valence-electron chi connectivity index (χ0n) is 11.2. The summed E-state index contributed by atoms with van der Waals surface area (Å²) >= 11 is 6.09. The Morgan fingerprint density at radius 2 is 2.11 bits per heavy atom. The monoisotopic (exact) mass is 393 g/mol. The maximum Gasteiger partial charge on any atom is 0.191 e. The summed E-state index contributed by atoms with van der Waals surface area (Å²) < 4.78 is 0. The first kappa shape index (κ1) is 18.2. The van der Waals surface area contributed by atoms with E-state index >= 15 is 0 Å². The quantitative estimate of drug-likeness (QED) is 0.337. The van der Waals surface area contributed by atoms with E-state index in [9.17, 15) is 0 Å². The van der Waals surface area contributed by atoms with Crippen LogP contribution in [0, 0.1) is 0 Å². The lowest BCUT2D eigenvalue weighted by Crippen LogP contribution is -2.37. The molecule has 1 aromatic rings. The van der Waals surface area contributed by atoms with Gasteiger partial charge < -0.3 is 10.6 Å². The standard InChI is InChI=1S/C14H20ClN3.HI/c1-3-10-17-14(16-4-2)18-11-9-12-7-5-6-8-13(12)15;/h3,5-8H,1,4,9-11H2,2H3,(H2,16,17,18);1H. The summed E-state index contributed by atoms with van der Waals surface area (Å²) in [5.74, 6) is 0.810. The van der Waals surface area contributed by atoms with Gasteiger partial charge in [0.25, 0.3) is 0 Å². The van der Waals surface area contributed by atoms with Crippen LogP contribution in [0.15, 0.2) is 41.9 Å². The first-order chi connectivity index (χ1) is 8.77. The van der Waals surface area contributed by atoms with Gasteiger partial charge in [0.2, 0.25) is 0 Å². The van der Waals surface area contributed by atoms with Gasteiger partial charge in [-0.3, -0.25) is 4.99 Å². The third-order valence-corrected chi connectivity index (χ3v) is 2.74. The van der Waals surface area contributed by atoms with E-state index in [0.29, 0.717) is 13.1 Å². The van der Waals surface area contributed by atoms with Crippen molar-refractivity contribution >= 4 is 41.5 Å². The molecule has 5 heteroatoms. The van der Waals surface area contributed by atoms with Crippen molar-refractivity contribution in [2.45, 2.75) is 13.3 Å². The zero-order valence-corrected chi connectivity index (χ0v) is 14.2. The normalized spacial score (nSPS) is 10.5. The van der Waals surface area contributed by atoms with Gasteiger partial charge >= 0.3 is 0 Å². The predicted octanol–water partition coefficient (Wildman–Crippen LogP) is 3.24. The summed E-state index contributed by atoms with van der Waals surface area (Å²) in [6.45, 7) is 7.96. The molecular weight excluding hydrogens is 373 g/mol. The number of halogens is 2. The first-order valence-corrected chi connectivity index (χ1v) is 6.52. The number of nitrogens with zero attached hydrogens (tertiary/aromatic N) is 1. The Kier molecular flexibility index (Phi) is 10.7. The Hall–Kier alpha value is -0.750. The molecule has 3 nitrogen and oxygen atoms in total. The second-order valence-corrected chi connectivity index (χ2v) is 4.18. The number of hydrogen-bond donors (Lipinski definition) is 2. The SMILES string of the molecule is C=CCNC(=NCCc1ccccc1Cl)NCC.I. The molecule has 0 saturated carbocycles. The lowest BCUT2D eigenvalue weighted by Gasteiger charge is -2.09. The van der Waals surface area contributed by atoms with Gasteiger partial charge in [-0.1, -0.05) is 35.9 Å². The molecule has 106 valence electrons. The summed E-state index contributed by atoms with van der Waals surface area (Å²) in [5, 5.41) is 7.14. The predicted molar refractivity (Wildman–Crippen MR) is 94.7 cm³/mol. The molecule has 0 radical (unpaired) electrons. The Morgan fingerprint density at radius 3 is 2.74 bits per heavy atom. The Morgan fingerprint density at radius 1 is 1.37 bits per heavy atom. The molecule has 0 aliphatic heterocycles. The number of nitrogens with one attached hydrogen (secondary N) is 2. The topological polar surface area (TPSA) is 36.4 Å². The van der Waals surface area contributed by atoms with Crippen LogP contribution < -0.4 is 10.6 Å². The van der Waals surface area contributed by atoms with Crippen molar-refractivity contribution in [2.24, 2.45) is 4.99 Å². The second-order valence-electron chi connectivity index (χ2n) is 3.77. The van der Waals surface area contributed by atoms with Crippen LogP contribution in [0.4, 0.5) is 0 Å². The molecule has 0 aliphatic rings. The molecule has 0 heterocycles. The maximum atomic E-state index is 6.09. The molecule has 0 atom stereocenters. The van der Waals surface area contributed by atoms with Crippen molar-refractivity contribution in [1.29, 1.82) is 0 Å². The average molecular weight is 394 g/mol. The minimum absolute atomic E-state index is 0. The number of rotatable bonds is 6. The highest BCUT2D eigenvalue weighted by Crippen LogP contribution is 2.15. The van der Waals surface area contributed by atoms with Crippen LogP contribution in [-0.2, 0) is 6.42 Å². The van der Waals surface area contributed by atoms with E-state index in [1.165, 1.54) is 0 Å². The van der Waals surface area contributed by atoms with Crippen LogP contribution in [0.2, 0.25) is 5.02 Å². The molecule has 1 aromatic carbocycles. The molecule has 0 aromatic heterocycles.